The summed E-state index contributed by atoms with van der Waals surface area (Å²) in [5, 5.41) is 0. The molecule has 2 amide bonds. The first kappa shape index (κ1) is 23.0. The molecule has 1 aliphatic heterocycles. The molecule has 0 unspecified atom stereocenters. The summed E-state index contributed by atoms with van der Waals surface area (Å²) in [6.07, 6.45) is 2.81. The maximum atomic E-state index is 13.3. The summed E-state index contributed by atoms with van der Waals surface area (Å²) in [6, 6.07) is 19.8. The molecular formula is C26H35N3O2. The number of benzene rings is 2. The van der Waals surface area contributed by atoms with E-state index >= 15 is 0 Å². The Morgan fingerprint density at radius 3 is 2.10 bits per heavy atom. The van der Waals surface area contributed by atoms with Gasteiger partial charge in [0.1, 0.15) is 0 Å². The molecule has 1 heterocycles. The van der Waals surface area contributed by atoms with Gasteiger partial charge < -0.3 is 9.80 Å². The van der Waals surface area contributed by atoms with E-state index in [9.17, 15) is 9.59 Å². The number of likely N-dealkylation sites (tertiary alicyclic amines) is 1. The number of piperidine rings is 1. The van der Waals surface area contributed by atoms with Crippen LogP contribution in [0.25, 0.3) is 0 Å². The molecule has 5 nitrogen and oxygen atoms in total. The summed E-state index contributed by atoms with van der Waals surface area (Å²) >= 11 is 0. The average Bonchev–Trinajstić information content (AvgIpc) is 2.79. The number of hydrogen-bond acceptors (Lipinski definition) is 3. The van der Waals surface area contributed by atoms with Gasteiger partial charge in [-0.3, -0.25) is 14.5 Å². The van der Waals surface area contributed by atoms with E-state index in [0.717, 1.165) is 50.1 Å². The van der Waals surface area contributed by atoms with Crippen LogP contribution >= 0.6 is 0 Å². The fourth-order valence-corrected chi connectivity index (χ4v) is 4.44. The van der Waals surface area contributed by atoms with Gasteiger partial charge in [0.15, 0.2) is 0 Å². The molecule has 0 atom stereocenters. The minimum absolute atomic E-state index is 0.101. The van der Waals surface area contributed by atoms with Crippen LogP contribution in [0.5, 0.6) is 0 Å². The standard InChI is InChI=1S/C26H35N3O2/c1-4-17-28(20-25(30)29(21(2)3)24-13-9-6-10-14-24)23-15-18-27(19-16-23)26(31)22-11-7-5-8-12-22/h5-14,21,23H,4,15-20H2,1-3H3. The van der Waals surface area contributed by atoms with E-state index in [1.165, 1.54) is 0 Å². The van der Waals surface area contributed by atoms with Gasteiger partial charge in [-0.1, -0.05) is 43.3 Å². The Labute approximate surface area is 186 Å². The quantitative estimate of drug-likeness (QED) is 0.633. The lowest BCUT2D eigenvalue weighted by Gasteiger charge is -2.39. The van der Waals surface area contributed by atoms with Crippen molar-refractivity contribution in [3.05, 3.63) is 66.2 Å². The first-order valence-electron chi connectivity index (χ1n) is 11.5. The summed E-state index contributed by atoms with van der Waals surface area (Å²) in [4.78, 5) is 32.2. The summed E-state index contributed by atoms with van der Waals surface area (Å²) < 4.78 is 0. The lowest BCUT2D eigenvalue weighted by molar-refractivity contribution is -0.121. The molecule has 5 heteroatoms. The van der Waals surface area contributed by atoms with E-state index in [4.69, 9.17) is 0 Å². The zero-order valence-corrected chi connectivity index (χ0v) is 19.0. The Balaban J connectivity index is 1.63. The van der Waals surface area contributed by atoms with E-state index in [1.54, 1.807) is 0 Å². The zero-order valence-electron chi connectivity index (χ0n) is 19.0. The van der Waals surface area contributed by atoms with Crippen molar-refractivity contribution in [3.63, 3.8) is 0 Å². The van der Waals surface area contributed by atoms with Gasteiger partial charge in [-0.15, -0.1) is 0 Å². The molecule has 0 aliphatic carbocycles. The van der Waals surface area contributed by atoms with Gasteiger partial charge >= 0.3 is 0 Å². The predicted octanol–water partition coefficient (Wildman–Crippen LogP) is 4.44. The fourth-order valence-electron chi connectivity index (χ4n) is 4.44. The molecular weight excluding hydrogens is 386 g/mol. The number of anilines is 1. The average molecular weight is 422 g/mol. The summed E-state index contributed by atoms with van der Waals surface area (Å²) in [6.45, 7) is 9.05. The van der Waals surface area contributed by atoms with Gasteiger partial charge in [0.05, 0.1) is 6.54 Å². The van der Waals surface area contributed by atoms with Crippen LogP contribution in [0, 0.1) is 0 Å². The molecule has 0 aromatic heterocycles. The maximum absolute atomic E-state index is 13.3. The highest BCUT2D eigenvalue weighted by Gasteiger charge is 2.30. The third-order valence-corrected chi connectivity index (χ3v) is 5.96. The number of para-hydroxylation sites is 1. The van der Waals surface area contributed by atoms with Crippen molar-refractivity contribution in [2.45, 2.75) is 52.1 Å². The number of carbonyl (C=O) groups excluding carboxylic acids is 2. The Morgan fingerprint density at radius 2 is 1.55 bits per heavy atom. The fraction of sp³-hybridized carbons (Fsp3) is 0.462. The molecule has 1 fully saturated rings. The van der Waals surface area contributed by atoms with Gasteiger partial charge in [-0.05, 0) is 63.9 Å². The van der Waals surface area contributed by atoms with Crippen molar-refractivity contribution in [2.75, 3.05) is 31.1 Å². The summed E-state index contributed by atoms with van der Waals surface area (Å²) in [5.74, 6) is 0.240. The Morgan fingerprint density at radius 1 is 0.968 bits per heavy atom. The molecule has 0 radical (unpaired) electrons. The van der Waals surface area contributed by atoms with Crippen LogP contribution in [0.3, 0.4) is 0 Å². The predicted molar refractivity (Wildman–Crippen MR) is 126 cm³/mol. The first-order chi connectivity index (χ1) is 15.0. The SMILES string of the molecule is CCCN(CC(=O)N(c1ccccc1)C(C)C)C1CCN(C(=O)c2ccccc2)CC1. The molecule has 3 rings (SSSR count). The van der Waals surface area contributed by atoms with Gasteiger partial charge in [-0.25, -0.2) is 0 Å². The van der Waals surface area contributed by atoms with Gasteiger partial charge in [0, 0.05) is 36.4 Å². The van der Waals surface area contributed by atoms with E-state index < -0.39 is 0 Å². The highest BCUT2D eigenvalue weighted by molar-refractivity contribution is 5.95. The molecule has 31 heavy (non-hydrogen) atoms. The van der Waals surface area contributed by atoms with Crippen molar-refractivity contribution >= 4 is 17.5 Å². The second-order valence-corrected chi connectivity index (χ2v) is 8.55. The molecule has 0 N–H and O–H groups in total. The molecule has 0 spiro atoms. The normalized spacial score (nSPS) is 14.8. The number of nitrogens with zero attached hydrogens (tertiary/aromatic N) is 3. The maximum Gasteiger partial charge on any atom is 0.253 e. The molecule has 2 aromatic rings. The topological polar surface area (TPSA) is 43.9 Å². The third-order valence-electron chi connectivity index (χ3n) is 5.96. The molecule has 2 aromatic carbocycles. The van der Waals surface area contributed by atoms with Crippen LogP contribution in [-0.2, 0) is 4.79 Å². The molecule has 1 saturated heterocycles. The van der Waals surface area contributed by atoms with E-state index in [-0.39, 0.29) is 17.9 Å². The Bertz CT molecular complexity index is 830. The molecule has 0 saturated carbocycles. The van der Waals surface area contributed by atoms with Crippen molar-refractivity contribution < 1.29 is 9.59 Å². The van der Waals surface area contributed by atoms with Crippen molar-refractivity contribution in [3.8, 4) is 0 Å². The van der Waals surface area contributed by atoms with E-state index in [1.807, 2.05) is 70.5 Å². The lowest BCUT2D eigenvalue weighted by atomic mass is 10.0. The smallest absolute Gasteiger partial charge is 0.253 e. The van der Waals surface area contributed by atoms with Crippen molar-refractivity contribution in [1.82, 2.24) is 9.80 Å². The summed E-state index contributed by atoms with van der Waals surface area (Å²) in [7, 11) is 0. The zero-order chi connectivity index (χ0) is 22.2. The van der Waals surface area contributed by atoms with Crippen LogP contribution in [-0.4, -0.2) is 59.9 Å². The minimum atomic E-state index is 0.101. The third kappa shape index (κ3) is 5.95. The Kier molecular flexibility index (Phi) is 8.24. The van der Waals surface area contributed by atoms with E-state index in [2.05, 4.69) is 25.7 Å². The second-order valence-electron chi connectivity index (χ2n) is 8.55. The highest BCUT2D eigenvalue weighted by Crippen LogP contribution is 2.21. The van der Waals surface area contributed by atoms with E-state index in [0.29, 0.717) is 12.6 Å². The van der Waals surface area contributed by atoms with Crippen molar-refractivity contribution in [2.24, 2.45) is 0 Å². The lowest BCUT2D eigenvalue weighted by Crippen LogP contribution is -2.51. The van der Waals surface area contributed by atoms with Crippen LogP contribution in [0.1, 0.15) is 50.4 Å². The molecule has 166 valence electrons. The van der Waals surface area contributed by atoms with Gasteiger partial charge in [0.2, 0.25) is 5.91 Å². The Hall–Kier alpha value is -2.66. The molecule has 1 aliphatic rings. The number of carbonyl (C=O) groups is 2. The number of rotatable bonds is 8. The second kappa shape index (κ2) is 11.1. The van der Waals surface area contributed by atoms with Gasteiger partial charge in [-0.2, -0.15) is 0 Å². The molecule has 0 bridgehead atoms. The summed E-state index contributed by atoms with van der Waals surface area (Å²) in [5.41, 5.74) is 1.69. The highest BCUT2D eigenvalue weighted by atomic mass is 16.2. The monoisotopic (exact) mass is 421 g/mol. The van der Waals surface area contributed by atoms with Crippen LogP contribution in [0.2, 0.25) is 0 Å². The number of hydrogen-bond donors (Lipinski definition) is 0. The number of amides is 2. The van der Waals surface area contributed by atoms with Crippen LogP contribution in [0.4, 0.5) is 5.69 Å². The van der Waals surface area contributed by atoms with Crippen LogP contribution < -0.4 is 4.90 Å². The largest absolute Gasteiger partial charge is 0.339 e. The van der Waals surface area contributed by atoms with Gasteiger partial charge in [0.25, 0.3) is 5.91 Å². The van der Waals surface area contributed by atoms with Crippen molar-refractivity contribution in [1.29, 1.82) is 0 Å². The first-order valence-corrected chi connectivity index (χ1v) is 11.5. The van der Waals surface area contributed by atoms with Crippen LogP contribution in [0.15, 0.2) is 60.7 Å². The minimum Gasteiger partial charge on any atom is -0.339 e.